The third-order valence-corrected chi connectivity index (χ3v) is 4.61. The molecule has 0 amide bonds. The first-order valence-electron chi connectivity index (χ1n) is 8.46. The van der Waals surface area contributed by atoms with Crippen LogP contribution in [0.2, 0.25) is 0 Å². The number of nitrogens with zero attached hydrogens (tertiary/aromatic N) is 3. The molecule has 0 radical (unpaired) electrons. The molecule has 2 aromatic heterocycles. The molecule has 1 fully saturated rings. The molecule has 6 nitrogen and oxygen atoms in total. The van der Waals surface area contributed by atoms with Crippen molar-refractivity contribution in [3.05, 3.63) is 61.1 Å². The zero-order valence-corrected chi connectivity index (χ0v) is 14.0. The number of pyridine rings is 1. The standard InChI is InChI=1S/C20H17N3O3/c24-20(11-25-12-20)10-23-13-22-18-6-4-16(9-19(18)23)26-15-3-5-17-14(8-15)2-1-7-21-17/h1-9,13,24H,10-12H2. The SMILES string of the molecule is OC1(Cn2cnc3ccc(Oc4ccc5ncccc5c4)cc32)COC1. The number of hydrogen-bond acceptors (Lipinski definition) is 5. The molecule has 0 aliphatic carbocycles. The van der Waals surface area contributed by atoms with Gasteiger partial charge in [-0.2, -0.15) is 0 Å². The van der Waals surface area contributed by atoms with Gasteiger partial charge in [-0.25, -0.2) is 4.98 Å². The van der Waals surface area contributed by atoms with Gasteiger partial charge in [-0.3, -0.25) is 4.98 Å². The van der Waals surface area contributed by atoms with E-state index in [0.29, 0.717) is 19.8 Å². The van der Waals surface area contributed by atoms with E-state index in [1.165, 1.54) is 0 Å². The van der Waals surface area contributed by atoms with Crippen LogP contribution in [0.5, 0.6) is 11.5 Å². The monoisotopic (exact) mass is 347 g/mol. The predicted octanol–water partition coefficient (Wildman–Crippen LogP) is 3.14. The molecule has 4 aromatic rings. The second kappa shape index (κ2) is 5.79. The highest BCUT2D eigenvalue weighted by molar-refractivity contribution is 5.80. The first kappa shape index (κ1) is 15.3. The fraction of sp³-hybridized carbons (Fsp3) is 0.200. The lowest BCUT2D eigenvalue weighted by Gasteiger charge is -2.36. The van der Waals surface area contributed by atoms with Gasteiger partial charge >= 0.3 is 0 Å². The van der Waals surface area contributed by atoms with Crippen molar-refractivity contribution in [2.75, 3.05) is 13.2 Å². The van der Waals surface area contributed by atoms with Crippen molar-refractivity contribution in [3.63, 3.8) is 0 Å². The lowest BCUT2D eigenvalue weighted by atomic mass is 10.0. The van der Waals surface area contributed by atoms with Gasteiger partial charge in [0.1, 0.15) is 17.1 Å². The Balaban J connectivity index is 1.46. The maximum Gasteiger partial charge on any atom is 0.129 e. The molecule has 0 atom stereocenters. The number of aliphatic hydroxyl groups is 1. The van der Waals surface area contributed by atoms with Crippen LogP contribution in [0.1, 0.15) is 0 Å². The quantitative estimate of drug-likeness (QED) is 0.614. The Morgan fingerprint density at radius 1 is 1.04 bits per heavy atom. The van der Waals surface area contributed by atoms with Gasteiger partial charge in [0.2, 0.25) is 0 Å². The molecular weight excluding hydrogens is 330 g/mol. The van der Waals surface area contributed by atoms with Crippen molar-refractivity contribution < 1.29 is 14.6 Å². The number of imidazole rings is 1. The molecule has 6 heteroatoms. The maximum atomic E-state index is 10.3. The average molecular weight is 347 g/mol. The summed E-state index contributed by atoms with van der Waals surface area (Å²) < 4.78 is 13.1. The van der Waals surface area contributed by atoms with E-state index < -0.39 is 5.60 Å². The lowest BCUT2D eigenvalue weighted by molar-refractivity contribution is -0.184. The molecule has 0 bridgehead atoms. The maximum absolute atomic E-state index is 10.3. The number of fused-ring (bicyclic) bond motifs is 2. The molecule has 130 valence electrons. The van der Waals surface area contributed by atoms with Gasteiger partial charge in [-0.15, -0.1) is 0 Å². The number of ether oxygens (including phenoxy) is 2. The smallest absolute Gasteiger partial charge is 0.129 e. The van der Waals surface area contributed by atoms with Crippen LogP contribution in [0.15, 0.2) is 61.1 Å². The van der Waals surface area contributed by atoms with Gasteiger partial charge in [0.05, 0.1) is 42.6 Å². The lowest BCUT2D eigenvalue weighted by Crippen LogP contribution is -2.52. The van der Waals surface area contributed by atoms with E-state index in [4.69, 9.17) is 9.47 Å². The Morgan fingerprint density at radius 3 is 2.65 bits per heavy atom. The molecule has 1 aliphatic heterocycles. The number of benzene rings is 2. The van der Waals surface area contributed by atoms with Crippen LogP contribution in [0, 0.1) is 0 Å². The Morgan fingerprint density at radius 2 is 1.85 bits per heavy atom. The molecule has 2 aromatic carbocycles. The Kier molecular flexibility index (Phi) is 3.41. The van der Waals surface area contributed by atoms with E-state index in [0.717, 1.165) is 33.4 Å². The Hall–Kier alpha value is -2.96. The predicted molar refractivity (Wildman–Crippen MR) is 97.3 cm³/mol. The highest BCUT2D eigenvalue weighted by Gasteiger charge is 2.36. The fourth-order valence-electron chi connectivity index (χ4n) is 3.23. The highest BCUT2D eigenvalue weighted by atomic mass is 16.5. The summed E-state index contributed by atoms with van der Waals surface area (Å²) in [6.45, 7) is 1.16. The van der Waals surface area contributed by atoms with Crippen molar-refractivity contribution in [2.45, 2.75) is 12.1 Å². The van der Waals surface area contributed by atoms with E-state index in [1.807, 2.05) is 53.1 Å². The summed E-state index contributed by atoms with van der Waals surface area (Å²) >= 11 is 0. The van der Waals surface area contributed by atoms with Crippen LogP contribution >= 0.6 is 0 Å². The van der Waals surface area contributed by atoms with E-state index >= 15 is 0 Å². The molecule has 5 rings (SSSR count). The van der Waals surface area contributed by atoms with Gasteiger partial charge < -0.3 is 19.1 Å². The van der Waals surface area contributed by atoms with Crippen LogP contribution in [0.25, 0.3) is 21.9 Å². The van der Waals surface area contributed by atoms with Crippen molar-refractivity contribution >= 4 is 21.9 Å². The first-order valence-corrected chi connectivity index (χ1v) is 8.46. The minimum Gasteiger partial charge on any atom is -0.457 e. The molecule has 0 unspecified atom stereocenters. The normalized spacial score (nSPS) is 15.9. The van der Waals surface area contributed by atoms with Gasteiger partial charge in [0.25, 0.3) is 0 Å². The van der Waals surface area contributed by atoms with Crippen LogP contribution < -0.4 is 4.74 Å². The summed E-state index contributed by atoms with van der Waals surface area (Å²) in [5.41, 5.74) is 1.91. The molecule has 1 saturated heterocycles. The molecule has 26 heavy (non-hydrogen) atoms. The minimum absolute atomic E-state index is 0.355. The second-order valence-electron chi connectivity index (χ2n) is 6.70. The van der Waals surface area contributed by atoms with Crippen LogP contribution in [-0.2, 0) is 11.3 Å². The molecule has 1 aliphatic rings. The van der Waals surface area contributed by atoms with Gasteiger partial charge in [0.15, 0.2) is 0 Å². The summed E-state index contributed by atoms with van der Waals surface area (Å²) in [4.78, 5) is 8.72. The van der Waals surface area contributed by atoms with Gasteiger partial charge in [-0.1, -0.05) is 6.07 Å². The summed E-state index contributed by atoms with van der Waals surface area (Å²) in [5, 5.41) is 11.4. The van der Waals surface area contributed by atoms with Crippen LogP contribution in [-0.4, -0.2) is 38.5 Å². The topological polar surface area (TPSA) is 69.4 Å². The average Bonchev–Trinajstić information content (AvgIpc) is 3.02. The molecule has 1 N–H and O–H groups in total. The fourth-order valence-corrected chi connectivity index (χ4v) is 3.23. The first-order chi connectivity index (χ1) is 12.7. The summed E-state index contributed by atoms with van der Waals surface area (Å²) in [6, 6.07) is 15.5. The molecule has 3 heterocycles. The minimum atomic E-state index is -0.810. The molecular formula is C20H17N3O3. The number of hydrogen-bond donors (Lipinski definition) is 1. The van der Waals surface area contributed by atoms with E-state index in [-0.39, 0.29) is 0 Å². The zero-order chi connectivity index (χ0) is 17.6. The van der Waals surface area contributed by atoms with E-state index in [1.54, 1.807) is 12.5 Å². The Bertz CT molecular complexity index is 1100. The van der Waals surface area contributed by atoms with Gasteiger partial charge in [-0.05, 0) is 36.4 Å². The highest BCUT2D eigenvalue weighted by Crippen LogP contribution is 2.28. The molecule has 0 saturated carbocycles. The third kappa shape index (κ3) is 2.69. The zero-order valence-electron chi connectivity index (χ0n) is 14.0. The van der Waals surface area contributed by atoms with E-state index in [9.17, 15) is 5.11 Å². The van der Waals surface area contributed by atoms with Crippen molar-refractivity contribution in [3.8, 4) is 11.5 Å². The van der Waals surface area contributed by atoms with Crippen LogP contribution in [0.3, 0.4) is 0 Å². The molecule has 0 spiro atoms. The van der Waals surface area contributed by atoms with E-state index in [2.05, 4.69) is 9.97 Å². The van der Waals surface area contributed by atoms with Crippen molar-refractivity contribution in [2.24, 2.45) is 0 Å². The summed E-state index contributed by atoms with van der Waals surface area (Å²) in [7, 11) is 0. The van der Waals surface area contributed by atoms with Crippen LogP contribution in [0.4, 0.5) is 0 Å². The number of aromatic nitrogens is 3. The Labute approximate surface area is 149 Å². The second-order valence-corrected chi connectivity index (χ2v) is 6.70. The summed E-state index contributed by atoms with van der Waals surface area (Å²) in [5.74, 6) is 1.47. The largest absolute Gasteiger partial charge is 0.457 e. The van der Waals surface area contributed by atoms with Gasteiger partial charge in [0, 0.05) is 17.6 Å². The van der Waals surface area contributed by atoms with Crippen molar-refractivity contribution in [1.29, 1.82) is 0 Å². The van der Waals surface area contributed by atoms with Crippen molar-refractivity contribution in [1.82, 2.24) is 14.5 Å². The summed E-state index contributed by atoms with van der Waals surface area (Å²) in [6.07, 6.45) is 3.52. The third-order valence-electron chi connectivity index (χ3n) is 4.61. The number of rotatable bonds is 4.